The molecule has 5 atom stereocenters. The van der Waals surface area contributed by atoms with E-state index in [9.17, 15) is 43.2 Å². The molecule has 0 spiro atoms. The van der Waals surface area contributed by atoms with Crippen molar-refractivity contribution in [3.63, 3.8) is 0 Å². The number of phosphoric ester groups is 2. The lowest BCUT2D eigenvalue weighted by molar-refractivity contribution is -0.161. The van der Waals surface area contributed by atoms with Crippen LogP contribution in [0.3, 0.4) is 0 Å². The summed E-state index contributed by atoms with van der Waals surface area (Å²) in [5.74, 6) is 0.953. The van der Waals surface area contributed by atoms with E-state index in [0.717, 1.165) is 114 Å². The summed E-state index contributed by atoms with van der Waals surface area (Å²) >= 11 is 0. The lowest BCUT2D eigenvalue weighted by Gasteiger charge is -2.21. The van der Waals surface area contributed by atoms with Crippen LogP contribution in [0, 0.1) is 23.7 Å². The number of carbonyl (C=O) groups excluding carboxylic acids is 4. The van der Waals surface area contributed by atoms with Crippen molar-refractivity contribution in [3.8, 4) is 0 Å². The molecule has 3 unspecified atom stereocenters. The molecule has 0 rings (SSSR count). The van der Waals surface area contributed by atoms with E-state index in [1.165, 1.54) is 218 Å². The zero-order valence-corrected chi connectivity index (χ0v) is 68.3. The highest BCUT2D eigenvalue weighted by atomic mass is 31.2. The van der Waals surface area contributed by atoms with Crippen LogP contribution in [-0.4, -0.2) is 96.7 Å². The van der Waals surface area contributed by atoms with Crippen molar-refractivity contribution in [2.45, 2.75) is 440 Å². The first-order chi connectivity index (χ1) is 48.6. The van der Waals surface area contributed by atoms with Crippen LogP contribution >= 0.6 is 15.6 Å². The standard InChI is InChI=1S/C82H160O17P2/c1-72(2)58-50-42-34-27-22-18-14-11-9-10-12-16-21-25-31-39-48-56-64-81(86)98-77(68-92-79(84)62-54-46-38-30-24-20-17-13-15-19-23-28-35-43-51-59-73(3)4)70-96-100(88,89)94-66-76(83)67-95-101(90,91)97-71-78(69-93-80(85)63-55-47-41-33-37-45-53-61-75(7)8)99-82(87)65-57-49-40-32-26-29-36-44-52-60-74(5)6/h72-78,83H,9-71H2,1-8H3,(H,88,89)(H,90,91)/t76?,77-,78-/m1/s1. The first kappa shape index (κ1) is 99.1. The number of aliphatic hydroxyl groups excluding tert-OH is 1. The van der Waals surface area contributed by atoms with E-state index in [1.807, 2.05) is 0 Å². The molecule has 0 radical (unpaired) electrons. The number of hydrogen-bond donors (Lipinski definition) is 3. The van der Waals surface area contributed by atoms with Gasteiger partial charge in [-0.2, -0.15) is 0 Å². The van der Waals surface area contributed by atoms with Crippen LogP contribution < -0.4 is 0 Å². The fourth-order valence-electron chi connectivity index (χ4n) is 12.6. The largest absolute Gasteiger partial charge is 0.472 e. The van der Waals surface area contributed by atoms with Gasteiger partial charge in [-0.3, -0.25) is 37.3 Å². The van der Waals surface area contributed by atoms with Crippen LogP contribution in [0.15, 0.2) is 0 Å². The van der Waals surface area contributed by atoms with E-state index in [0.29, 0.717) is 31.6 Å². The van der Waals surface area contributed by atoms with E-state index in [2.05, 4.69) is 55.4 Å². The van der Waals surface area contributed by atoms with E-state index in [4.69, 9.17) is 37.0 Å². The number of carbonyl (C=O) groups is 4. The summed E-state index contributed by atoms with van der Waals surface area (Å²) in [7, 11) is -9.92. The van der Waals surface area contributed by atoms with E-state index < -0.39 is 97.5 Å². The monoisotopic (exact) mass is 1480 g/mol. The molecular weight excluding hydrogens is 1320 g/mol. The van der Waals surface area contributed by atoms with Crippen LogP contribution in [0.4, 0.5) is 0 Å². The maximum Gasteiger partial charge on any atom is 0.472 e. The zero-order chi connectivity index (χ0) is 74.6. The second kappa shape index (κ2) is 71.0. The van der Waals surface area contributed by atoms with Gasteiger partial charge in [0.05, 0.1) is 26.4 Å². The summed E-state index contributed by atoms with van der Waals surface area (Å²) in [5.41, 5.74) is 0. The molecule has 600 valence electrons. The smallest absolute Gasteiger partial charge is 0.462 e. The molecule has 0 aromatic carbocycles. The number of rotatable bonds is 79. The minimum Gasteiger partial charge on any atom is -0.462 e. The summed E-state index contributed by atoms with van der Waals surface area (Å²) < 4.78 is 68.7. The number of hydrogen-bond acceptors (Lipinski definition) is 15. The fourth-order valence-corrected chi connectivity index (χ4v) is 14.2. The lowest BCUT2D eigenvalue weighted by atomic mass is 10.0. The van der Waals surface area contributed by atoms with Crippen molar-refractivity contribution >= 4 is 39.5 Å². The summed E-state index contributed by atoms with van der Waals surface area (Å²) in [6.45, 7) is 14.2. The van der Waals surface area contributed by atoms with Gasteiger partial charge in [0.2, 0.25) is 0 Å². The van der Waals surface area contributed by atoms with Crippen LogP contribution in [0.5, 0.6) is 0 Å². The number of aliphatic hydroxyl groups is 1. The topological polar surface area (TPSA) is 237 Å². The normalized spacial score (nSPS) is 14.0. The first-order valence-corrected chi connectivity index (χ1v) is 45.2. The molecule has 3 N–H and O–H groups in total. The molecule has 0 bridgehead atoms. The second-order valence-electron chi connectivity index (χ2n) is 31.4. The Morgan fingerprint density at radius 3 is 0.614 bits per heavy atom. The third kappa shape index (κ3) is 76.1. The predicted molar refractivity (Wildman–Crippen MR) is 414 cm³/mol. The molecule has 0 amide bonds. The van der Waals surface area contributed by atoms with Crippen molar-refractivity contribution in [2.24, 2.45) is 23.7 Å². The number of ether oxygens (including phenoxy) is 4. The average Bonchev–Trinajstić information content (AvgIpc) is 1.06. The highest BCUT2D eigenvalue weighted by Gasteiger charge is 2.30. The summed E-state index contributed by atoms with van der Waals surface area (Å²) in [6, 6.07) is 0. The maximum atomic E-state index is 13.1. The quantitative estimate of drug-likeness (QED) is 0.0222. The van der Waals surface area contributed by atoms with Crippen molar-refractivity contribution in [2.75, 3.05) is 39.6 Å². The third-order valence-corrected chi connectivity index (χ3v) is 21.0. The van der Waals surface area contributed by atoms with Crippen molar-refractivity contribution in [1.82, 2.24) is 0 Å². The number of unbranched alkanes of at least 4 members (excludes halogenated alkanes) is 45. The Balaban J connectivity index is 5.22. The molecule has 0 fully saturated rings. The van der Waals surface area contributed by atoms with Crippen molar-refractivity contribution in [1.29, 1.82) is 0 Å². The molecule has 17 nitrogen and oxygen atoms in total. The van der Waals surface area contributed by atoms with Crippen LogP contribution in [0.25, 0.3) is 0 Å². The average molecular weight is 1480 g/mol. The van der Waals surface area contributed by atoms with Gasteiger partial charge < -0.3 is 33.8 Å². The third-order valence-electron chi connectivity index (χ3n) is 19.1. The highest BCUT2D eigenvalue weighted by molar-refractivity contribution is 7.47. The second-order valence-corrected chi connectivity index (χ2v) is 34.3. The Hall–Kier alpha value is -1.94. The molecule has 0 aromatic rings. The summed E-state index contributed by atoms with van der Waals surface area (Å²) in [6.07, 6.45) is 58.5. The number of phosphoric acid groups is 2. The molecule has 0 saturated heterocycles. The van der Waals surface area contributed by atoms with Gasteiger partial charge >= 0.3 is 39.5 Å². The molecule has 19 heteroatoms. The highest BCUT2D eigenvalue weighted by Crippen LogP contribution is 2.45. The molecule has 0 aromatic heterocycles. The summed E-state index contributed by atoms with van der Waals surface area (Å²) in [4.78, 5) is 73.0. The Morgan fingerprint density at radius 2 is 0.416 bits per heavy atom. The Bertz CT molecular complexity index is 1970. The van der Waals surface area contributed by atoms with Gasteiger partial charge in [-0.25, -0.2) is 9.13 Å². The van der Waals surface area contributed by atoms with Crippen LogP contribution in [0.1, 0.15) is 421 Å². The van der Waals surface area contributed by atoms with E-state index >= 15 is 0 Å². The van der Waals surface area contributed by atoms with E-state index in [-0.39, 0.29) is 25.7 Å². The number of esters is 4. The molecule has 101 heavy (non-hydrogen) atoms. The van der Waals surface area contributed by atoms with Gasteiger partial charge in [-0.1, -0.05) is 370 Å². The fraction of sp³-hybridized carbons (Fsp3) is 0.951. The minimum absolute atomic E-state index is 0.104. The van der Waals surface area contributed by atoms with Gasteiger partial charge in [-0.05, 0) is 49.4 Å². The minimum atomic E-state index is -4.96. The van der Waals surface area contributed by atoms with Gasteiger partial charge in [0, 0.05) is 25.7 Å². The van der Waals surface area contributed by atoms with Crippen LogP contribution in [-0.2, 0) is 65.4 Å². The molecule has 0 heterocycles. The predicted octanol–water partition coefficient (Wildman–Crippen LogP) is 24.4. The Kier molecular flexibility index (Phi) is 69.6. The maximum absolute atomic E-state index is 13.1. The van der Waals surface area contributed by atoms with Crippen LogP contribution in [0.2, 0.25) is 0 Å². The molecular formula is C82H160O17P2. The van der Waals surface area contributed by atoms with Crippen molar-refractivity contribution in [3.05, 3.63) is 0 Å². The molecule has 0 saturated carbocycles. The van der Waals surface area contributed by atoms with Gasteiger partial charge in [0.25, 0.3) is 0 Å². The molecule has 0 aliphatic carbocycles. The Labute approximate surface area is 619 Å². The Morgan fingerprint density at radius 1 is 0.248 bits per heavy atom. The molecule has 0 aliphatic heterocycles. The molecule has 0 aliphatic rings. The summed E-state index contributed by atoms with van der Waals surface area (Å²) in [5, 5.41) is 10.6. The first-order valence-electron chi connectivity index (χ1n) is 42.2. The van der Waals surface area contributed by atoms with Gasteiger partial charge in [0.1, 0.15) is 19.3 Å². The van der Waals surface area contributed by atoms with Gasteiger partial charge in [-0.15, -0.1) is 0 Å². The van der Waals surface area contributed by atoms with Crippen molar-refractivity contribution < 1.29 is 80.2 Å². The van der Waals surface area contributed by atoms with Gasteiger partial charge in [0.15, 0.2) is 12.2 Å². The lowest BCUT2D eigenvalue weighted by Crippen LogP contribution is -2.30. The van der Waals surface area contributed by atoms with E-state index in [1.54, 1.807) is 0 Å². The SMILES string of the molecule is CC(C)CCCCCCCCCCCCCCCCCCCCC(=O)O[C@H](COC(=O)CCCCCCCCCCCCCCCCCC(C)C)COP(=O)(O)OCC(O)COP(=O)(O)OC[C@@H](COC(=O)CCCCCCCCCC(C)C)OC(=O)CCCCCCCCCCCC(C)C. The zero-order valence-electron chi connectivity index (χ0n) is 66.5.